The van der Waals surface area contributed by atoms with E-state index in [1.165, 1.54) is 15.6 Å². The molecule has 0 bridgehead atoms. The number of pyridine rings is 1. The van der Waals surface area contributed by atoms with Gasteiger partial charge >= 0.3 is 0 Å². The predicted molar refractivity (Wildman–Crippen MR) is 120 cm³/mol. The fourth-order valence-corrected chi connectivity index (χ4v) is 5.28. The molecule has 2 N–H and O–H groups in total. The van der Waals surface area contributed by atoms with Crippen LogP contribution in [-0.2, 0) is 19.4 Å². The van der Waals surface area contributed by atoms with Gasteiger partial charge in [-0.2, -0.15) is 0 Å². The lowest BCUT2D eigenvalue weighted by Gasteiger charge is -2.27. The van der Waals surface area contributed by atoms with Gasteiger partial charge in [-0.05, 0) is 25.0 Å². The Kier molecular flexibility index (Phi) is 5.15. The smallest absolute Gasteiger partial charge is 0.197 e. The molecule has 9 heteroatoms. The molecule has 2 aliphatic rings. The monoisotopic (exact) mass is 425 g/mol. The predicted octanol–water partition coefficient (Wildman–Crippen LogP) is 3.55. The van der Waals surface area contributed by atoms with E-state index in [1.807, 2.05) is 22.8 Å². The highest BCUT2D eigenvalue weighted by atomic mass is 32.1. The van der Waals surface area contributed by atoms with Crippen LogP contribution < -0.4 is 15.5 Å². The van der Waals surface area contributed by atoms with E-state index in [2.05, 4.69) is 39.6 Å². The van der Waals surface area contributed by atoms with Crippen molar-refractivity contribution in [3.63, 3.8) is 0 Å². The van der Waals surface area contributed by atoms with Gasteiger partial charge in [0.05, 0.1) is 22.9 Å². The third-order valence-corrected chi connectivity index (χ3v) is 7.01. The van der Waals surface area contributed by atoms with E-state index < -0.39 is 0 Å². The number of hydrogen-bond acceptors (Lipinski definition) is 9. The van der Waals surface area contributed by atoms with E-state index in [1.54, 1.807) is 11.3 Å². The summed E-state index contributed by atoms with van der Waals surface area (Å²) in [6.07, 6.45) is 3.06. The molecule has 5 heterocycles. The molecule has 0 fully saturated rings. The molecule has 0 spiro atoms. The Morgan fingerprint density at radius 1 is 1.21 bits per heavy atom. The minimum atomic E-state index is 0.805. The summed E-state index contributed by atoms with van der Waals surface area (Å²) in [7, 11) is 0. The summed E-state index contributed by atoms with van der Waals surface area (Å²) in [5.74, 6) is 1.81. The second kappa shape index (κ2) is 8.08. The maximum atomic E-state index is 4.91. The van der Waals surface area contributed by atoms with Crippen LogP contribution in [0.5, 0.6) is 0 Å². The second-order valence-electron chi connectivity index (χ2n) is 7.06. The van der Waals surface area contributed by atoms with Crippen molar-refractivity contribution >= 4 is 39.6 Å². The third kappa shape index (κ3) is 3.97. The Bertz CT molecular complexity index is 1040. The van der Waals surface area contributed by atoms with Crippen LogP contribution in [-0.4, -0.2) is 40.5 Å². The number of aromatic nitrogens is 3. The number of fused-ring (bicyclic) bond motifs is 1. The number of hydrogen-bond donors (Lipinski definition) is 2. The van der Waals surface area contributed by atoms with Crippen LogP contribution >= 0.6 is 22.7 Å². The van der Waals surface area contributed by atoms with Crippen molar-refractivity contribution in [1.29, 1.82) is 0 Å². The largest absolute Gasteiger partial charge is 0.356 e. The molecule has 3 aromatic heterocycles. The van der Waals surface area contributed by atoms with E-state index >= 15 is 0 Å². The summed E-state index contributed by atoms with van der Waals surface area (Å²) in [5, 5.41) is 10.6. The Morgan fingerprint density at radius 2 is 2.17 bits per heavy atom. The van der Waals surface area contributed by atoms with Crippen molar-refractivity contribution < 1.29 is 0 Å². The molecule has 0 atom stereocenters. The summed E-state index contributed by atoms with van der Waals surface area (Å²) in [5.41, 5.74) is 3.06. The lowest BCUT2D eigenvalue weighted by Crippen LogP contribution is -2.35. The Labute approximate surface area is 178 Å². The van der Waals surface area contributed by atoms with E-state index in [0.29, 0.717) is 0 Å². The second-order valence-corrected chi connectivity index (χ2v) is 9.08. The molecule has 0 aliphatic carbocycles. The van der Waals surface area contributed by atoms with Gasteiger partial charge in [0, 0.05) is 36.3 Å². The molecule has 0 saturated heterocycles. The van der Waals surface area contributed by atoms with Crippen molar-refractivity contribution in [1.82, 2.24) is 20.3 Å². The van der Waals surface area contributed by atoms with Gasteiger partial charge in [-0.15, -0.1) is 22.7 Å². The van der Waals surface area contributed by atoms with Crippen LogP contribution in [0.4, 0.5) is 10.9 Å². The van der Waals surface area contributed by atoms with Gasteiger partial charge in [0.2, 0.25) is 0 Å². The zero-order chi connectivity index (χ0) is 19.6. The Hall–Kier alpha value is -2.52. The zero-order valence-electron chi connectivity index (χ0n) is 16.3. The molecule has 0 saturated carbocycles. The number of thiazole rings is 2. The zero-order valence-corrected chi connectivity index (χ0v) is 17.9. The van der Waals surface area contributed by atoms with Crippen LogP contribution in [0, 0.1) is 0 Å². The molecule has 2 aliphatic heterocycles. The normalized spacial score (nSPS) is 16.2. The topological polar surface area (TPSA) is 78.3 Å². The van der Waals surface area contributed by atoms with Crippen LogP contribution in [0.3, 0.4) is 0 Å². The molecular weight excluding hydrogens is 402 g/mol. The van der Waals surface area contributed by atoms with Crippen molar-refractivity contribution in [3.05, 3.63) is 39.2 Å². The number of rotatable bonds is 4. The van der Waals surface area contributed by atoms with Gasteiger partial charge < -0.3 is 15.5 Å². The highest BCUT2D eigenvalue weighted by Crippen LogP contribution is 2.30. The fourth-order valence-electron chi connectivity index (χ4n) is 3.50. The summed E-state index contributed by atoms with van der Waals surface area (Å²) < 4.78 is 0. The maximum Gasteiger partial charge on any atom is 0.197 e. The minimum Gasteiger partial charge on any atom is -0.356 e. The number of nitrogens with one attached hydrogen (secondary N) is 2. The first-order valence-electron chi connectivity index (χ1n) is 9.99. The molecule has 150 valence electrons. The van der Waals surface area contributed by atoms with Crippen LogP contribution in [0.1, 0.15) is 28.9 Å². The first-order chi connectivity index (χ1) is 14.3. The Morgan fingerprint density at radius 3 is 3.03 bits per heavy atom. The van der Waals surface area contributed by atoms with Crippen molar-refractivity contribution in [2.24, 2.45) is 4.99 Å². The SMILES string of the molecule is CCc1nc2c(s1)CN(c1cccc(-c3csc(NC4=NCCCN4)n3)n1)CC2. The van der Waals surface area contributed by atoms with Crippen LogP contribution in [0.15, 0.2) is 28.6 Å². The molecule has 0 aromatic carbocycles. The van der Waals surface area contributed by atoms with Gasteiger partial charge in [0.15, 0.2) is 11.1 Å². The number of aliphatic imine (C=N–C) groups is 1. The van der Waals surface area contributed by atoms with Crippen LogP contribution in [0.25, 0.3) is 11.4 Å². The van der Waals surface area contributed by atoms with Gasteiger partial charge in [0.25, 0.3) is 0 Å². The summed E-state index contributed by atoms with van der Waals surface area (Å²) in [6, 6.07) is 6.18. The van der Waals surface area contributed by atoms with Crippen molar-refractivity contribution in [2.45, 2.75) is 32.7 Å². The number of guanidine groups is 1. The highest BCUT2D eigenvalue weighted by Gasteiger charge is 2.21. The average Bonchev–Trinajstić information content (AvgIpc) is 3.40. The summed E-state index contributed by atoms with van der Waals surface area (Å²) >= 11 is 3.41. The van der Waals surface area contributed by atoms with Gasteiger partial charge in [-0.25, -0.2) is 15.0 Å². The Balaban J connectivity index is 1.33. The molecule has 0 amide bonds. The standard InChI is InChI=1S/C20H23N7S2/c1-2-18-24-14-7-10-27(11-16(14)29-18)17-6-3-5-13(23-17)15-12-28-20(25-15)26-19-21-8-4-9-22-19/h3,5-6,12H,2,4,7-11H2,1H3,(H2,21,22,25,26). The first kappa shape index (κ1) is 18.5. The number of aryl methyl sites for hydroxylation is 1. The molecule has 3 aromatic rings. The average molecular weight is 426 g/mol. The van der Waals surface area contributed by atoms with Gasteiger partial charge in [0.1, 0.15) is 11.5 Å². The molecular formula is C20H23N7S2. The minimum absolute atomic E-state index is 0.805. The van der Waals surface area contributed by atoms with Crippen molar-refractivity contribution in [3.8, 4) is 11.4 Å². The van der Waals surface area contributed by atoms with Crippen molar-refractivity contribution in [2.75, 3.05) is 29.9 Å². The summed E-state index contributed by atoms with van der Waals surface area (Å²) in [6.45, 7) is 5.81. The molecule has 0 unspecified atom stereocenters. The molecule has 0 radical (unpaired) electrons. The first-order valence-corrected chi connectivity index (χ1v) is 11.7. The molecule has 29 heavy (non-hydrogen) atoms. The highest BCUT2D eigenvalue weighted by molar-refractivity contribution is 7.14. The molecule has 7 nitrogen and oxygen atoms in total. The van der Waals surface area contributed by atoms with Gasteiger partial charge in [-0.1, -0.05) is 13.0 Å². The summed E-state index contributed by atoms with van der Waals surface area (Å²) in [4.78, 5) is 22.5. The van der Waals surface area contributed by atoms with E-state index in [4.69, 9.17) is 15.0 Å². The van der Waals surface area contributed by atoms with E-state index in [0.717, 1.165) is 73.7 Å². The number of nitrogens with zero attached hydrogens (tertiary/aromatic N) is 5. The van der Waals surface area contributed by atoms with Gasteiger partial charge in [-0.3, -0.25) is 4.99 Å². The third-order valence-electron chi connectivity index (χ3n) is 5.03. The quantitative estimate of drug-likeness (QED) is 0.666. The number of anilines is 2. The van der Waals surface area contributed by atoms with E-state index in [-0.39, 0.29) is 0 Å². The molecule has 5 rings (SSSR count). The lowest BCUT2D eigenvalue weighted by molar-refractivity contribution is 0.717. The van der Waals surface area contributed by atoms with Crippen LogP contribution in [0.2, 0.25) is 0 Å². The maximum absolute atomic E-state index is 4.91. The van der Waals surface area contributed by atoms with E-state index in [9.17, 15) is 0 Å². The fraction of sp³-hybridized carbons (Fsp3) is 0.400. The lowest BCUT2D eigenvalue weighted by atomic mass is 10.1.